The molecule has 0 amide bonds. The van der Waals surface area contributed by atoms with Gasteiger partial charge >= 0.3 is 5.97 Å². The van der Waals surface area contributed by atoms with Gasteiger partial charge in [0.2, 0.25) is 0 Å². The molecule has 9 heteroatoms. The fourth-order valence-electron chi connectivity index (χ4n) is 5.61. The molecule has 5 heterocycles. The number of carboxylic acids is 1. The van der Waals surface area contributed by atoms with Gasteiger partial charge in [0.05, 0.1) is 28.6 Å². The van der Waals surface area contributed by atoms with Gasteiger partial charge in [0.25, 0.3) is 0 Å². The van der Waals surface area contributed by atoms with Crippen molar-refractivity contribution in [2.24, 2.45) is 0 Å². The molecule has 192 valence electrons. The lowest BCUT2D eigenvalue weighted by molar-refractivity contribution is 0.0689. The maximum atomic E-state index is 12.4. The summed E-state index contributed by atoms with van der Waals surface area (Å²) in [5.41, 5.74) is 4.24. The number of hydrogen-bond donors (Lipinski definition) is 1. The van der Waals surface area contributed by atoms with Crippen LogP contribution in [0.1, 0.15) is 74.1 Å². The van der Waals surface area contributed by atoms with Crippen LogP contribution in [0.15, 0.2) is 18.3 Å². The summed E-state index contributed by atoms with van der Waals surface area (Å²) in [7, 11) is 1.76. The second-order valence-electron chi connectivity index (χ2n) is 10.1. The van der Waals surface area contributed by atoms with E-state index in [2.05, 4.69) is 28.6 Å². The van der Waals surface area contributed by atoms with Crippen LogP contribution in [0.4, 0.5) is 11.5 Å². The van der Waals surface area contributed by atoms with Gasteiger partial charge in [-0.2, -0.15) is 5.10 Å². The summed E-state index contributed by atoms with van der Waals surface area (Å²) >= 11 is 0. The van der Waals surface area contributed by atoms with Crippen molar-refractivity contribution in [1.29, 1.82) is 0 Å². The van der Waals surface area contributed by atoms with Crippen LogP contribution in [0, 0.1) is 0 Å². The lowest BCUT2D eigenvalue weighted by Gasteiger charge is -2.35. The minimum absolute atomic E-state index is 0.110. The van der Waals surface area contributed by atoms with Gasteiger partial charge in [0.1, 0.15) is 5.82 Å². The summed E-state index contributed by atoms with van der Waals surface area (Å²) in [6, 6.07) is 3.97. The molecule has 0 radical (unpaired) electrons. The molecule has 2 fully saturated rings. The molecule has 3 aromatic rings. The molecule has 0 atom stereocenters. The number of fused-ring (bicyclic) bond motifs is 1. The highest BCUT2D eigenvalue weighted by atomic mass is 16.5. The van der Waals surface area contributed by atoms with Gasteiger partial charge in [-0.05, 0) is 44.1 Å². The van der Waals surface area contributed by atoms with Gasteiger partial charge in [-0.25, -0.2) is 19.4 Å². The number of methoxy groups -OCH3 is 1. The van der Waals surface area contributed by atoms with E-state index in [1.54, 1.807) is 13.3 Å². The Labute approximate surface area is 212 Å². The Morgan fingerprint density at radius 2 is 1.89 bits per heavy atom. The quantitative estimate of drug-likeness (QED) is 0.518. The molecule has 9 nitrogen and oxygen atoms in total. The summed E-state index contributed by atoms with van der Waals surface area (Å²) in [5.74, 6) is 0.0597. The number of rotatable bonds is 7. The van der Waals surface area contributed by atoms with Crippen molar-refractivity contribution in [2.75, 3.05) is 43.1 Å². The Hall–Kier alpha value is -3.20. The third-order valence-electron chi connectivity index (χ3n) is 7.51. The van der Waals surface area contributed by atoms with Gasteiger partial charge in [-0.15, -0.1) is 0 Å². The Morgan fingerprint density at radius 1 is 1.17 bits per heavy atom. The van der Waals surface area contributed by atoms with E-state index < -0.39 is 5.97 Å². The summed E-state index contributed by atoms with van der Waals surface area (Å²) in [4.78, 5) is 26.4. The highest BCUT2D eigenvalue weighted by molar-refractivity contribution is 6.01. The molecule has 0 bridgehead atoms. The molecule has 0 unspecified atom stereocenters. The molecule has 1 N–H and O–H groups in total. The SMILES string of the molecule is CCc1c(C(=O)O)nc2c(c(C(C)C)nn2-c2ccnc(N3CCCC3)c2)c1N1CCC(OC)CC1. The van der Waals surface area contributed by atoms with Gasteiger partial charge in [0, 0.05) is 51.1 Å². The Bertz CT molecular complexity index is 1260. The fraction of sp³-hybridized carbons (Fsp3) is 0.556. The number of aromatic nitrogens is 4. The van der Waals surface area contributed by atoms with Crippen molar-refractivity contribution < 1.29 is 14.6 Å². The molecule has 0 aromatic carbocycles. The maximum absolute atomic E-state index is 12.4. The molecular formula is C27H36N6O3. The average Bonchev–Trinajstić information content (AvgIpc) is 3.56. The Balaban J connectivity index is 1.74. The molecule has 2 saturated heterocycles. The number of anilines is 2. The second kappa shape index (κ2) is 10.0. The number of carboxylic acid groups (broad SMARTS) is 1. The molecule has 2 aliphatic heterocycles. The van der Waals surface area contributed by atoms with Crippen molar-refractivity contribution in [3.05, 3.63) is 35.3 Å². The molecule has 36 heavy (non-hydrogen) atoms. The van der Waals surface area contributed by atoms with Crippen LogP contribution in [0.2, 0.25) is 0 Å². The number of ether oxygens (including phenoxy) is 1. The lowest BCUT2D eigenvalue weighted by atomic mass is 9.97. The minimum atomic E-state index is -1.01. The highest BCUT2D eigenvalue weighted by Gasteiger charge is 2.31. The van der Waals surface area contributed by atoms with Crippen LogP contribution in [-0.4, -0.2) is 70.2 Å². The summed E-state index contributed by atoms with van der Waals surface area (Å²) < 4.78 is 7.42. The zero-order chi connectivity index (χ0) is 25.4. The standard InChI is InChI=1S/C27H36N6O3/c1-5-20-24(27(34)35)29-26-22(25(20)32-14-9-19(36-4)10-15-32)23(17(2)3)30-33(26)18-8-11-28-21(16-18)31-12-6-7-13-31/h8,11,16-17,19H,5-7,9-10,12-15H2,1-4H3,(H,34,35). The van der Waals surface area contributed by atoms with E-state index in [0.717, 1.165) is 72.9 Å². The maximum Gasteiger partial charge on any atom is 0.354 e. The smallest absolute Gasteiger partial charge is 0.354 e. The molecule has 0 saturated carbocycles. The van der Waals surface area contributed by atoms with E-state index in [-0.39, 0.29) is 17.7 Å². The second-order valence-corrected chi connectivity index (χ2v) is 10.1. The van der Waals surface area contributed by atoms with E-state index in [1.807, 2.05) is 23.7 Å². The molecule has 0 aliphatic carbocycles. The first kappa shape index (κ1) is 24.5. The number of piperidine rings is 1. The monoisotopic (exact) mass is 492 g/mol. The molecule has 3 aromatic heterocycles. The number of pyridine rings is 2. The Kier molecular flexibility index (Phi) is 6.83. The largest absolute Gasteiger partial charge is 0.476 e. The van der Waals surface area contributed by atoms with Gasteiger partial charge in [-0.1, -0.05) is 20.8 Å². The number of aromatic carboxylic acids is 1. The predicted molar refractivity (Wildman–Crippen MR) is 141 cm³/mol. The Morgan fingerprint density at radius 3 is 2.50 bits per heavy atom. The normalized spacial score (nSPS) is 17.0. The number of hydrogen-bond acceptors (Lipinski definition) is 7. The number of carbonyl (C=O) groups is 1. The van der Waals surface area contributed by atoms with E-state index in [4.69, 9.17) is 14.8 Å². The third-order valence-corrected chi connectivity index (χ3v) is 7.51. The van der Waals surface area contributed by atoms with Crippen LogP contribution in [0.5, 0.6) is 0 Å². The van der Waals surface area contributed by atoms with Crippen LogP contribution in [0.25, 0.3) is 16.7 Å². The van der Waals surface area contributed by atoms with Crippen molar-refractivity contribution in [1.82, 2.24) is 19.7 Å². The first-order valence-electron chi connectivity index (χ1n) is 13.1. The average molecular weight is 493 g/mol. The van der Waals surface area contributed by atoms with Gasteiger partial charge in [0.15, 0.2) is 11.3 Å². The fourth-order valence-corrected chi connectivity index (χ4v) is 5.61. The number of nitrogens with zero attached hydrogens (tertiary/aromatic N) is 6. The first-order chi connectivity index (χ1) is 17.4. The highest BCUT2D eigenvalue weighted by Crippen LogP contribution is 2.39. The van der Waals surface area contributed by atoms with E-state index in [9.17, 15) is 9.90 Å². The first-order valence-corrected chi connectivity index (χ1v) is 13.1. The van der Waals surface area contributed by atoms with Crippen molar-refractivity contribution in [2.45, 2.75) is 64.9 Å². The molecule has 2 aliphatic rings. The molecule has 0 spiro atoms. The molecular weight excluding hydrogens is 456 g/mol. The van der Waals surface area contributed by atoms with Crippen molar-refractivity contribution >= 4 is 28.5 Å². The summed E-state index contributed by atoms with van der Waals surface area (Å²) in [6.07, 6.45) is 6.76. The minimum Gasteiger partial charge on any atom is -0.476 e. The van der Waals surface area contributed by atoms with E-state index in [1.165, 1.54) is 12.8 Å². The van der Waals surface area contributed by atoms with Crippen LogP contribution in [-0.2, 0) is 11.2 Å². The topological polar surface area (TPSA) is 96.6 Å². The summed E-state index contributed by atoms with van der Waals surface area (Å²) in [6.45, 7) is 9.87. The van der Waals surface area contributed by atoms with Crippen molar-refractivity contribution in [3.63, 3.8) is 0 Å². The van der Waals surface area contributed by atoms with E-state index >= 15 is 0 Å². The van der Waals surface area contributed by atoms with Gasteiger partial charge < -0.3 is 19.6 Å². The van der Waals surface area contributed by atoms with Crippen LogP contribution in [0.3, 0.4) is 0 Å². The predicted octanol–water partition coefficient (Wildman–Crippen LogP) is 4.41. The van der Waals surface area contributed by atoms with Crippen molar-refractivity contribution in [3.8, 4) is 5.69 Å². The van der Waals surface area contributed by atoms with Crippen LogP contribution < -0.4 is 9.80 Å². The summed E-state index contributed by atoms with van der Waals surface area (Å²) in [5, 5.41) is 16.2. The van der Waals surface area contributed by atoms with Gasteiger partial charge in [-0.3, -0.25) is 0 Å². The molecule has 5 rings (SSSR count). The van der Waals surface area contributed by atoms with E-state index in [0.29, 0.717) is 12.1 Å². The zero-order valence-corrected chi connectivity index (χ0v) is 21.7. The zero-order valence-electron chi connectivity index (χ0n) is 21.7. The third kappa shape index (κ3) is 4.30. The van der Waals surface area contributed by atoms with Crippen LogP contribution >= 0.6 is 0 Å². The lowest BCUT2D eigenvalue weighted by Crippen LogP contribution is -2.37.